The SMILES string of the molecule is CN(C)C(=O)c1ccc(NCCOC2CCCC2)nn1. The lowest BCUT2D eigenvalue weighted by molar-refractivity contribution is 0.0658. The number of nitrogens with one attached hydrogen (secondary N) is 1. The Labute approximate surface area is 119 Å². The van der Waals surface area contributed by atoms with Gasteiger partial charge >= 0.3 is 0 Å². The van der Waals surface area contributed by atoms with Gasteiger partial charge in [-0.15, -0.1) is 10.2 Å². The third-order valence-corrected chi connectivity index (χ3v) is 3.35. The number of nitrogens with zero attached hydrogens (tertiary/aromatic N) is 3. The summed E-state index contributed by atoms with van der Waals surface area (Å²) >= 11 is 0. The van der Waals surface area contributed by atoms with Crippen molar-refractivity contribution in [1.82, 2.24) is 15.1 Å². The molecular weight excluding hydrogens is 256 g/mol. The van der Waals surface area contributed by atoms with Gasteiger partial charge in [0.1, 0.15) is 5.82 Å². The molecule has 0 aliphatic heterocycles. The zero-order valence-electron chi connectivity index (χ0n) is 12.1. The highest BCUT2D eigenvalue weighted by molar-refractivity contribution is 5.91. The first-order chi connectivity index (χ1) is 9.66. The molecule has 0 spiro atoms. The van der Waals surface area contributed by atoms with Crippen molar-refractivity contribution in [1.29, 1.82) is 0 Å². The number of anilines is 1. The predicted octanol–water partition coefficient (Wildman–Crippen LogP) is 1.55. The Hall–Kier alpha value is -1.69. The molecule has 0 atom stereocenters. The van der Waals surface area contributed by atoms with Gasteiger partial charge in [0.15, 0.2) is 5.69 Å². The van der Waals surface area contributed by atoms with E-state index in [1.807, 2.05) is 0 Å². The average Bonchev–Trinajstić information content (AvgIpc) is 2.96. The topological polar surface area (TPSA) is 67.4 Å². The Morgan fingerprint density at radius 3 is 2.70 bits per heavy atom. The summed E-state index contributed by atoms with van der Waals surface area (Å²) in [7, 11) is 3.38. The van der Waals surface area contributed by atoms with Crippen LogP contribution < -0.4 is 5.32 Å². The van der Waals surface area contributed by atoms with Gasteiger partial charge in [-0.25, -0.2) is 0 Å². The second-order valence-corrected chi connectivity index (χ2v) is 5.21. The van der Waals surface area contributed by atoms with Gasteiger partial charge in [0.2, 0.25) is 0 Å². The lowest BCUT2D eigenvalue weighted by atomic mass is 10.3. The molecule has 0 saturated heterocycles. The quantitative estimate of drug-likeness (QED) is 0.800. The maximum atomic E-state index is 11.6. The highest BCUT2D eigenvalue weighted by Gasteiger charge is 2.14. The van der Waals surface area contributed by atoms with Crippen LogP contribution in [0.4, 0.5) is 5.82 Å². The predicted molar refractivity (Wildman–Crippen MR) is 76.7 cm³/mol. The largest absolute Gasteiger partial charge is 0.376 e. The third kappa shape index (κ3) is 4.16. The normalized spacial score (nSPS) is 15.3. The van der Waals surface area contributed by atoms with E-state index in [2.05, 4.69) is 15.5 Å². The van der Waals surface area contributed by atoms with Crippen molar-refractivity contribution in [2.75, 3.05) is 32.6 Å². The molecule has 1 amide bonds. The molecule has 1 aromatic heterocycles. The molecule has 1 saturated carbocycles. The maximum Gasteiger partial charge on any atom is 0.273 e. The molecule has 0 radical (unpaired) electrons. The molecular formula is C14H22N4O2. The summed E-state index contributed by atoms with van der Waals surface area (Å²) in [6.07, 6.45) is 5.36. The fourth-order valence-electron chi connectivity index (χ4n) is 2.23. The van der Waals surface area contributed by atoms with Gasteiger partial charge in [-0.05, 0) is 25.0 Å². The number of amides is 1. The Morgan fingerprint density at radius 2 is 2.10 bits per heavy atom. The van der Waals surface area contributed by atoms with E-state index in [1.165, 1.54) is 30.6 Å². The monoisotopic (exact) mass is 278 g/mol. The van der Waals surface area contributed by atoms with Gasteiger partial charge in [-0.3, -0.25) is 4.79 Å². The van der Waals surface area contributed by atoms with Crippen molar-refractivity contribution in [3.63, 3.8) is 0 Å². The number of carbonyl (C=O) groups is 1. The Balaban J connectivity index is 1.72. The van der Waals surface area contributed by atoms with Gasteiger partial charge in [-0.1, -0.05) is 12.8 Å². The van der Waals surface area contributed by atoms with Crippen LogP contribution in [-0.4, -0.2) is 54.4 Å². The lowest BCUT2D eigenvalue weighted by Crippen LogP contribution is -2.23. The van der Waals surface area contributed by atoms with E-state index in [4.69, 9.17) is 4.74 Å². The van der Waals surface area contributed by atoms with E-state index < -0.39 is 0 Å². The molecule has 20 heavy (non-hydrogen) atoms. The van der Waals surface area contributed by atoms with Gasteiger partial charge in [0.25, 0.3) is 5.91 Å². The fraction of sp³-hybridized carbons (Fsp3) is 0.643. The van der Waals surface area contributed by atoms with Crippen LogP contribution in [0.5, 0.6) is 0 Å². The molecule has 6 heteroatoms. The first-order valence-corrected chi connectivity index (χ1v) is 7.07. The van der Waals surface area contributed by atoms with Crippen LogP contribution in [-0.2, 0) is 4.74 Å². The summed E-state index contributed by atoms with van der Waals surface area (Å²) in [5.41, 5.74) is 0.350. The summed E-state index contributed by atoms with van der Waals surface area (Å²) in [5, 5.41) is 11.0. The van der Waals surface area contributed by atoms with Crippen molar-refractivity contribution < 1.29 is 9.53 Å². The molecule has 1 aliphatic rings. The van der Waals surface area contributed by atoms with Gasteiger partial charge in [0.05, 0.1) is 12.7 Å². The molecule has 0 aromatic carbocycles. The van der Waals surface area contributed by atoms with Gasteiger partial charge < -0.3 is 15.0 Å². The number of ether oxygens (including phenoxy) is 1. The van der Waals surface area contributed by atoms with Crippen molar-refractivity contribution >= 4 is 11.7 Å². The van der Waals surface area contributed by atoms with Crippen LogP contribution in [0.1, 0.15) is 36.2 Å². The number of hydrogen-bond donors (Lipinski definition) is 1. The lowest BCUT2D eigenvalue weighted by Gasteiger charge is -2.12. The molecule has 1 aliphatic carbocycles. The average molecular weight is 278 g/mol. The Morgan fingerprint density at radius 1 is 1.35 bits per heavy atom. The molecule has 1 N–H and O–H groups in total. The van der Waals surface area contributed by atoms with Gasteiger partial charge in [-0.2, -0.15) is 0 Å². The second-order valence-electron chi connectivity index (χ2n) is 5.21. The fourth-order valence-corrected chi connectivity index (χ4v) is 2.23. The zero-order valence-corrected chi connectivity index (χ0v) is 12.1. The first kappa shape index (κ1) is 14.7. The van der Waals surface area contributed by atoms with Crippen LogP contribution in [0.3, 0.4) is 0 Å². The summed E-state index contributed by atoms with van der Waals surface area (Å²) in [6.45, 7) is 1.37. The van der Waals surface area contributed by atoms with Gasteiger partial charge in [0, 0.05) is 20.6 Å². The zero-order chi connectivity index (χ0) is 14.4. The third-order valence-electron chi connectivity index (χ3n) is 3.35. The molecule has 6 nitrogen and oxygen atoms in total. The smallest absolute Gasteiger partial charge is 0.273 e. The van der Waals surface area contributed by atoms with Crippen molar-refractivity contribution in [3.8, 4) is 0 Å². The van der Waals surface area contributed by atoms with Crippen LogP contribution in [0, 0.1) is 0 Å². The summed E-state index contributed by atoms with van der Waals surface area (Å²) < 4.78 is 5.75. The minimum Gasteiger partial charge on any atom is -0.376 e. The number of rotatable bonds is 6. The van der Waals surface area contributed by atoms with Crippen LogP contribution in [0.2, 0.25) is 0 Å². The molecule has 0 unspecified atom stereocenters. The van der Waals surface area contributed by atoms with Crippen LogP contribution in [0.25, 0.3) is 0 Å². The molecule has 1 heterocycles. The number of hydrogen-bond acceptors (Lipinski definition) is 5. The standard InChI is InChI=1S/C14H22N4O2/c1-18(2)14(19)12-7-8-13(17-16-12)15-9-10-20-11-5-3-4-6-11/h7-8,11H,3-6,9-10H2,1-2H3,(H,15,17). The van der Waals surface area contributed by atoms with E-state index in [0.717, 1.165) is 0 Å². The molecule has 0 bridgehead atoms. The van der Waals surface area contributed by atoms with E-state index >= 15 is 0 Å². The minimum atomic E-state index is -0.145. The molecule has 110 valence electrons. The van der Waals surface area contributed by atoms with Crippen molar-refractivity contribution in [3.05, 3.63) is 17.8 Å². The first-order valence-electron chi connectivity index (χ1n) is 7.07. The number of aromatic nitrogens is 2. The summed E-state index contributed by atoms with van der Waals surface area (Å²) in [6, 6.07) is 3.44. The minimum absolute atomic E-state index is 0.145. The second kappa shape index (κ2) is 7.19. The highest BCUT2D eigenvalue weighted by atomic mass is 16.5. The van der Waals surface area contributed by atoms with Crippen molar-refractivity contribution in [2.24, 2.45) is 0 Å². The maximum absolute atomic E-state index is 11.6. The van der Waals surface area contributed by atoms with Crippen molar-refractivity contribution in [2.45, 2.75) is 31.8 Å². The van der Waals surface area contributed by atoms with Crippen LogP contribution >= 0.6 is 0 Å². The Bertz CT molecular complexity index is 427. The summed E-state index contributed by atoms with van der Waals surface area (Å²) in [4.78, 5) is 13.1. The van der Waals surface area contributed by atoms with E-state index in [0.29, 0.717) is 30.8 Å². The molecule has 2 rings (SSSR count). The van der Waals surface area contributed by atoms with E-state index in [9.17, 15) is 4.79 Å². The Kier molecular flexibility index (Phi) is 5.29. The number of carbonyl (C=O) groups excluding carboxylic acids is 1. The van der Waals surface area contributed by atoms with E-state index in [1.54, 1.807) is 26.2 Å². The molecule has 1 aromatic rings. The van der Waals surface area contributed by atoms with Crippen LogP contribution in [0.15, 0.2) is 12.1 Å². The highest BCUT2D eigenvalue weighted by Crippen LogP contribution is 2.20. The van der Waals surface area contributed by atoms with E-state index in [-0.39, 0.29) is 5.91 Å². The summed E-state index contributed by atoms with van der Waals surface area (Å²) in [5.74, 6) is 0.518. The molecule has 1 fully saturated rings.